The molecule has 10 nitrogen and oxygen atoms in total. The van der Waals surface area contributed by atoms with Crippen LogP contribution in [-0.4, -0.2) is 78.6 Å². The average Bonchev–Trinajstić information content (AvgIpc) is 2.72. The molecule has 0 spiro atoms. The minimum absolute atomic E-state index is 0.201. The highest BCUT2D eigenvalue weighted by molar-refractivity contribution is 5.96. The summed E-state index contributed by atoms with van der Waals surface area (Å²) >= 11 is 0. The molecule has 2 heterocycles. The smallest absolute Gasteiger partial charge is 0.346 e. The summed E-state index contributed by atoms with van der Waals surface area (Å²) in [6, 6.07) is 2.37. The van der Waals surface area contributed by atoms with Gasteiger partial charge in [-0.05, 0) is 13.5 Å². The Kier molecular flexibility index (Phi) is 5.98. The number of fused-ring (bicyclic) bond motifs is 1. The van der Waals surface area contributed by atoms with E-state index in [9.17, 15) is 19.7 Å². The van der Waals surface area contributed by atoms with Gasteiger partial charge in [0.25, 0.3) is 11.6 Å². The van der Waals surface area contributed by atoms with Crippen LogP contribution >= 0.6 is 0 Å². The van der Waals surface area contributed by atoms with Crippen molar-refractivity contribution in [2.75, 3.05) is 45.9 Å². The average molecular weight is 393 g/mol. The molecule has 1 saturated heterocycles. The number of nitrogens with zero attached hydrogens (tertiary/aromatic N) is 3. The Morgan fingerprint density at radius 2 is 1.79 bits per heavy atom. The molecule has 1 atom stereocenters. The lowest BCUT2D eigenvalue weighted by atomic mass is 10.1. The maximum absolute atomic E-state index is 12.6. The first-order valence-electron chi connectivity index (χ1n) is 9.21. The van der Waals surface area contributed by atoms with Gasteiger partial charge in [-0.25, -0.2) is 4.79 Å². The van der Waals surface area contributed by atoms with Gasteiger partial charge in [0.2, 0.25) is 0 Å². The monoisotopic (exact) mass is 393 g/mol. The van der Waals surface area contributed by atoms with E-state index in [0.29, 0.717) is 13.1 Å². The Hall–Kier alpha value is -2.88. The molecule has 28 heavy (non-hydrogen) atoms. The molecule has 152 valence electrons. The van der Waals surface area contributed by atoms with E-state index in [1.807, 2.05) is 0 Å². The van der Waals surface area contributed by atoms with Crippen LogP contribution in [0.5, 0.6) is 11.5 Å². The second kappa shape index (κ2) is 8.42. The number of carbonyl (C=O) groups excluding carboxylic acids is 2. The molecular weight excluding hydrogens is 370 g/mol. The predicted octanol–water partition coefficient (Wildman–Crippen LogP) is 1.08. The highest BCUT2D eigenvalue weighted by Gasteiger charge is 2.31. The van der Waals surface area contributed by atoms with Crippen molar-refractivity contribution in [3.05, 3.63) is 27.8 Å². The Balaban J connectivity index is 1.71. The first-order valence-corrected chi connectivity index (χ1v) is 9.21. The highest BCUT2D eigenvalue weighted by atomic mass is 16.6. The molecule has 1 fully saturated rings. The molecule has 0 aliphatic carbocycles. The first-order chi connectivity index (χ1) is 13.4. The second-order valence-electron chi connectivity index (χ2n) is 6.58. The number of carbonyl (C=O) groups is 2. The van der Waals surface area contributed by atoms with E-state index >= 15 is 0 Å². The third-order valence-corrected chi connectivity index (χ3v) is 4.84. The fraction of sp³-hybridized carbons (Fsp3) is 0.556. The zero-order valence-corrected chi connectivity index (χ0v) is 15.9. The summed E-state index contributed by atoms with van der Waals surface area (Å²) < 4.78 is 15.9. The van der Waals surface area contributed by atoms with Gasteiger partial charge in [-0.15, -0.1) is 0 Å². The maximum atomic E-state index is 12.6. The number of likely N-dealkylation sites (N-methyl/N-ethyl adjacent to an activating group) is 1. The SMILES string of the molecule is CCN1CCN(C(=O)C(C)OC(=O)c2cc3c(cc2[N+](=O)[O-])OCCO3)CC1. The predicted molar refractivity (Wildman–Crippen MR) is 97.7 cm³/mol. The lowest BCUT2D eigenvalue weighted by Gasteiger charge is -2.35. The van der Waals surface area contributed by atoms with Crippen LogP contribution in [0.2, 0.25) is 0 Å². The molecule has 2 aliphatic heterocycles. The number of hydrogen-bond acceptors (Lipinski definition) is 8. The Labute approximate surface area is 162 Å². The third-order valence-electron chi connectivity index (χ3n) is 4.84. The fourth-order valence-electron chi connectivity index (χ4n) is 3.21. The van der Waals surface area contributed by atoms with Crippen LogP contribution in [0.4, 0.5) is 5.69 Å². The summed E-state index contributed by atoms with van der Waals surface area (Å²) in [6.07, 6.45) is -1.05. The summed E-state index contributed by atoms with van der Waals surface area (Å²) in [5.74, 6) is -0.827. The largest absolute Gasteiger partial charge is 0.486 e. The van der Waals surface area contributed by atoms with E-state index in [4.69, 9.17) is 14.2 Å². The van der Waals surface area contributed by atoms with Crippen LogP contribution in [0, 0.1) is 10.1 Å². The second-order valence-corrected chi connectivity index (χ2v) is 6.58. The van der Waals surface area contributed by atoms with Gasteiger partial charge in [0, 0.05) is 32.2 Å². The summed E-state index contributed by atoms with van der Waals surface area (Å²) in [5, 5.41) is 11.4. The van der Waals surface area contributed by atoms with Crippen molar-refractivity contribution in [3.8, 4) is 11.5 Å². The summed E-state index contributed by atoms with van der Waals surface area (Å²) in [5.41, 5.74) is -0.727. The zero-order chi connectivity index (χ0) is 20.3. The van der Waals surface area contributed by atoms with Crippen LogP contribution in [0.1, 0.15) is 24.2 Å². The van der Waals surface area contributed by atoms with Crippen LogP contribution in [-0.2, 0) is 9.53 Å². The van der Waals surface area contributed by atoms with E-state index in [1.54, 1.807) is 4.90 Å². The lowest BCUT2D eigenvalue weighted by molar-refractivity contribution is -0.385. The molecule has 0 bridgehead atoms. The number of nitro benzene ring substituents is 1. The summed E-state index contributed by atoms with van der Waals surface area (Å²) in [7, 11) is 0. The van der Waals surface area contributed by atoms with E-state index < -0.39 is 22.7 Å². The number of ether oxygens (including phenoxy) is 3. The van der Waals surface area contributed by atoms with Crippen molar-refractivity contribution in [2.45, 2.75) is 20.0 Å². The minimum atomic E-state index is -1.05. The van der Waals surface area contributed by atoms with E-state index in [-0.39, 0.29) is 36.2 Å². The van der Waals surface area contributed by atoms with Gasteiger partial charge in [-0.2, -0.15) is 0 Å². The Morgan fingerprint density at radius 1 is 1.18 bits per heavy atom. The van der Waals surface area contributed by atoms with E-state index in [0.717, 1.165) is 25.7 Å². The first kappa shape index (κ1) is 19.9. The Bertz CT molecular complexity index is 775. The lowest BCUT2D eigenvalue weighted by Crippen LogP contribution is -2.51. The zero-order valence-electron chi connectivity index (χ0n) is 15.9. The topological polar surface area (TPSA) is 111 Å². The number of benzene rings is 1. The number of nitro groups is 1. The standard InChI is InChI=1S/C18H23N3O7/c1-3-19-4-6-20(7-5-19)17(22)12(2)28-18(23)13-10-15-16(27-9-8-26-15)11-14(13)21(24)25/h10-12H,3-9H2,1-2H3. The van der Waals surface area contributed by atoms with Crippen molar-refractivity contribution in [1.82, 2.24) is 9.80 Å². The van der Waals surface area contributed by atoms with Crippen LogP contribution in [0.25, 0.3) is 0 Å². The summed E-state index contributed by atoms with van der Waals surface area (Å²) in [4.78, 5) is 39.6. The van der Waals surface area contributed by atoms with Crippen molar-refractivity contribution in [3.63, 3.8) is 0 Å². The number of amides is 1. The molecule has 0 N–H and O–H groups in total. The van der Waals surface area contributed by atoms with E-state index in [2.05, 4.69) is 11.8 Å². The van der Waals surface area contributed by atoms with Gasteiger partial charge in [0.05, 0.1) is 11.0 Å². The van der Waals surface area contributed by atoms with Gasteiger partial charge in [-0.1, -0.05) is 6.92 Å². The van der Waals surface area contributed by atoms with Crippen molar-refractivity contribution >= 4 is 17.6 Å². The Morgan fingerprint density at radius 3 is 2.36 bits per heavy atom. The number of esters is 1. The van der Waals surface area contributed by atoms with E-state index in [1.165, 1.54) is 13.0 Å². The quantitative estimate of drug-likeness (QED) is 0.415. The highest BCUT2D eigenvalue weighted by Crippen LogP contribution is 2.37. The normalized spacial score (nSPS) is 17.7. The van der Waals surface area contributed by atoms with Crippen LogP contribution in [0.3, 0.4) is 0 Å². The number of rotatable bonds is 5. The molecule has 10 heteroatoms. The van der Waals surface area contributed by atoms with Gasteiger partial charge in [-0.3, -0.25) is 14.9 Å². The van der Waals surface area contributed by atoms with Crippen LogP contribution in [0.15, 0.2) is 12.1 Å². The van der Waals surface area contributed by atoms with Crippen molar-refractivity contribution < 1.29 is 28.7 Å². The van der Waals surface area contributed by atoms with Gasteiger partial charge < -0.3 is 24.0 Å². The molecule has 1 aromatic carbocycles. The number of hydrogen-bond donors (Lipinski definition) is 0. The number of piperazine rings is 1. The van der Waals surface area contributed by atoms with Crippen molar-refractivity contribution in [1.29, 1.82) is 0 Å². The summed E-state index contributed by atoms with van der Waals surface area (Å²) in [6.45, 7) is 7.62. The molecule has 0 saturated carbocycles. The molecular formula is C18H23N3O7. The maximum Gasteiger partial charge on any atom is 0.346 e. The third kappa shape index (κ3) is 4.16. The molecule has 2 aliphatic rings. The molecule has 1 amide bonds. The van der Waals surface area contributed by atoms with Gasteiger partial charge >= 0.3 is 5.97 Å². The fourth-order valence-corrected chi connectivity index (χ4v) is 3.21. The van der Waals surface area contributed by atoms with Crippen LogP contribution < -0.4 is 9.47 Å². The molecule has 1 aromatic rings. The van der Waals surface area contributed by atoms with Gasteiger partial charge in [0.15, 0.2) is 17.6 Å². The molecule has 0 aromatic heterocycles. The molecule has 3 rings (SSSR count). The molecule has 0 radical (unpaired) electrons. The van der Waals surface area contributed by atoms with Crippen molar-refractivity contribution in [2.24, 2.45) is 0 Å². The van der Waals surface area contributed by atoms with Gasteiger partial charge in [0.1, 0.15) is 18.8 Å². The minimum Gasteiger partial charge on any atom is -0.486 e. The molecule has 1 unspecified atom stereocenters.